The van der Waals surface area contributed by atoms with Crippen LogP contribution in [0.5, 0.6) is 5.75 Å². The van der Waals surface area contributed by atoms with Crippen molar-refractivity contribution in [2.45, 2.75) is 20.3 Å². The molecule has 2 amide bonds. The number of primary amides is 1. The van der Waals surface area contributed by atoms with Gasteiger partial charge in [0.1, 0.15) is 17.1 Å². The van der Waals surface area contributed by atoms with Crippen LogP contribution in [0.2, 0.25) is 5.02 Å². The lowest BCUT2D eigenvalue weighted by atomic mass is 10.1. The maximum absolute atomic E-state index is 12.0. The van der Waals surface area contributed by atoms with Crippen LogP contribution >= 0.6 is 11.6 Å². The third kappa shape index (κ3) is 4.39. The second kappa shape index (κ2) is 7.85. The molecule has 1 aromatic heterocycles. The number of carbonyl (C=O) groups is 3. The number of para-hydroxylation sites is 1. The van der Waals surface area contributed by atoms with Gasteiger partial charge in [-0.05, 0) is 26.0 Å². The first kappa shape index (κ1) is 18.5. The molecule has 2 aromatic rings. The lowest BCUT2D eigenvalue weighted by molar-refractivity contribution is -0.116. The molecule has 0 aliphatic heterocycles. The number of aryl methyl sites for hydroxylation is 1. The number of nitrogens with two attached hydrogens (primary N) is 1. The molecule has 0 unspecified atom stereocenters. The van der Waals surface area contributed by atoms with Crippen molar-refractivity contribution in [3.8, 4) is 5.75 Å². The number of carbonyl (C=O) groups excluding carboxylic acids is 3. The van der Waals surface area contributed by atoms with Crippen molar-refractivity contribution < 1.29 is 23.5 Å². The summed E-state index contributed by atoms with van der Waals surface area (Å²) in [6.45, 7) is 2.87. The van der Waals surface area contributed by atoms with Crippen LogP contribution in [0.3, 0.4) is 0 Å². The Kier molecular flexibility index (Phi) is 5.82. The van der Waals surface area contributed by atoms with Gasteiger partial charge in [-0.1, -0.05) is 23.7 Å². The van der Waals surface area contributed by atoms with Gasteiger partial charge in [0.05, 0.1) is 23.6 Å². The highest BCUT2D eigenvalue weighted by Gasteiger charge is 2.26. The summed E-state index contributed by atoms with van der Waals surface area (Å²) < 4.78 is 10.7. The number of benzene rings is 1. The lowest BCUT2D eigenvalue weighted by Gasteiger charge is -2.08. The fraction of sp³-hybridized carbons (Fsp3) is 0.235. The lowest BCUT2D eigenvalue weighted by Crippen LogP contribution is -2.20. The minimum absolute atomic E-state index is 0.0153. The average molecular weight is 365 g/mol. The number of ether oxygens (including phenoxy) is 1. The molecular weight excluding hydrogens is 348 g/mol. The molecular formula is C17H17ClN2O5. The number of hydrogen-bond acceptors (Lipinski definition) is 5. The van der Waals surface area contributed by atoms with E-state index in [-0.39, 0.29) is 41.6 Å². The first-order chi connectivity index (χ1) is 11.8. The molecule has 0 saturated heterocycles. The summed E-state index contributed by atoms with van der Waals surface area (Å²) >= 11 is 5.95. The SMILES string of the molecule is CC(=O)c1c(C)oc(NC(=O)CCOc2ccccc2Cl)c1C(N)=O. The Morgan fingerprint density at radius 1 is 1.24 bits per heavy atom. The molecule has 0 spiro atoms. The van der Waals surface area contributed by atoms with Crippen LogP contribution < -0.4 is 15.8 Å². The van der Waals surface area contributed by atoms with Gasteiger partial charge in [0.15, 0.2) is 5.78 Å². The maximum Gasteiger partial charge on any atom is 0.255 e. The molecule has 1 aromatic carbocycles. The van der Waals surface area contributed by atoms with Gasteiger partial charge in [0.25, 0.3) is 5.91 Å². The van der Waals surface area contributed by atoms with Gasteiger partial charge in [-0.3, -0.25) is 19.7 Å². The van der Waals surface area contributed by atoms with Crippen molar-refractivity contribution in [2.75, 3.05) is 11.9 Å². The molecule has 7 nitrogen and oxygen atoms in total. The number of nitrogens with one attached hydrogen (secondary N) is 1. The van der Waals surface area contributed by atoms with Crippen molar-refractivity contribution >= 4 is 35.1 Å². The van der Waals surface area contributed by atoms with Gasteiger partial charge in [-0.2, -0.15) is 0 Å². The molecule has 8 heteroatoms. The maximum atomic E-state index is 12.0. The van der Waals surface area contributed by atoms with Crippen LogP contribution in [-0.2, 0) is 4.79 Å². The van der Waals surface area contributed by atoms with E-state index in [1.165, 1.54) is 13.8 Å². The molecule has 2 rings (SSSR count). The average Bonchev–Trinajstić information content (AvgIpc) is 2.85. The molecule has 1 heterocycles. The molecule has 132 valence electrons. The predicted octanol–water partition coefficient (Wildman–Crippen LogP) is 2.95. The van der Waals surface area contributed by atoms with E-state index in [2.05, 4.69) is 5.32 Å². The van der Waals surface area contributed by atoms with Crippen LogP contribution in [0.15, 0.2) is 28.7 Å². The minimum Gasteiger partial charge on any atom is -0.491 e. The fourth-order valence-corrected chi connectivity index (χ4v) is 2.49. The largest absolute Gasteiger partial charge is 0.491 e. The topological polar surface area (TPSA) is 112 Å². The Morgan fingerprint density at radius 2 is 1.92 bits per heavy atom. The second-order valence-corrected chi connectivity index (χ2v) is 5.64. The van der Waals surface area contributed by atoms with E-state index in [9.17, 15) is 14.4 Å². The summed E-state index contributed by atoms with van der Waals surface area (Å²) in [5.41, 5.74) is 5.22. The van der Waals surface area contributed by atoms with Gasteiger partial charge >= 0.3 is 0 Å². The third-order valence-electron chi connectivity index (χ3n) is 3.36. The van der Waals surface area contributed by atoms with E-state index in [1.807, 2.05) is 0 Å². The van der Waals surface area contributed by atoms with E-state index in [0.717, 1.165) is 0 Å². The summed E-state index contributed by atoms with van der Waals surface area (Å²) in [5.74, 6) is -1.16. The van der Waals surface area contributed by atoms with Crippen molar-refractivity contribution in [1.29, 1.82) is 0 Å². The highest BCUT2D eigenvalue weighted by molar-refractivity contribution is 6.32. The Morgan fingerprint density at radius 3 is 2.52 bits per heavy atom. The van der Waals surface area contributed by atoms with Crippen LogP contribution in [0, 0.1) is 6.92 Å². The van der Waals surface area contributed by atoms with E-state index >= 15 is 0 Å². The number of anilines is 1. The molecule has 0 saturated carbocycles. The van der Waals surface area contributed by atoms with Crippen LogP contribution in [0.25, 0.3) is 0 Å². The van der Waals surface area contributed by atoms with Crippen molar-refractivity contribution in [3.05, 3.63) is 46.2 Å². The smallest absolute Gasteiger partial charge is 0.255 e. The Hall–Kier alpha value is -2.80. The minimum atomic E-state index is -0.857. The molecule has 3 N–H and O–H groups in total. The second-order valence-electron chi connectivity index (χ2n) is 5.23. The van der Waals surface area contributed by atoms with Gasteiger partial charge < -0.3 is 14.9 Å². The Balaban J connectivity index is 2.03. The molecule has 0 bridgehead atoms. The molecule has 0 radical (unpaired) electrons. The standard InChI is InChI=1S/C17H17ClN2O5/c1-9(21)14-10(2)25-17(15(14)16(19)23)20-13(22)7-8-24-12-6-4-3-5-11(12)18/h3-6H,7-8H2,1-2H3,(H2,19,23)(H,20,22). The normalized spacial score (nSPS) is 10.4. The van der Waals surface area contributed by atoms with Gasteiger partial charge in [-0.15, -0.1) is 0 Å². The van der Waals surface area contributed by atoms with Gasteiger partial charge in [0, 0.05) is 0 Å². The zero-order chi connectivity index (χ0) is 18.6. The van der Waals surface area contributed by atoms with E-state index in [4.69, 9.17) is 26.5 Å². The highest BCUT2D eigenvalue weighted by Crippen LogP contribution is 2.27. The fourth-order valence-electron chi connectivity index (χ4n) is 2.30. The number of Topliss-reactive ketones (excluding diaryl/α,β-unsaturated/α-hetero) is 1. The van der Waals surface area contributed by atoms with Crippen molar-refractivity contribution in [1.82, 2.24) is 0 Å². The molecule has 0 fully saturated rings. The molecule has 0 atom stereocenters. The first-order valence-electron chi connectivity index (χ1n) is 7.42. The first-order valence-corrected chi connectivity index (χ1v) is 7.80. The number of halogens is 1. The number of ketones is 1. The third-order valence-corrected chi connectivity index (χ3v) is 3.67. The van der Waals surface area contributed by atoms with E-state index in [0.29, 0.717) is 10.8 Å². The Bertz CT molecular complexity index is 828. The molecule has 25 heavy (non-hydrogen) atoms. The van der Waals surface area contributed by atoms with E-state index < -0.39 is 11.8 Å². The molecule has 0 aliphatic rings. The molecule has 0 aliphatic carbocycles. The van der Waals surface area contributed by atoms with Gasteiger partial charge in [-0.25, -0.2) is 0 Å². The summed E-state index contributed by atoms with van der Waals surface area (Å²) in [6, 6.07) is 6.87. The Labute approximate surface area is 149 Å². The summed E-state index contributed by atoms with van der Waals surface area (Å²) in [6.07, 6.45) is -0.0153. The predicted molar refractivity (Wildman–Crippen MR) is 92.2 cm³/mol. The summed E-state index contributed by atoms with van der Waals surface area (Å²) in [5, 5.41) is 2.87. The summed E-state index contributed by atoms with van der Waals surface area (Å²) in [7, 11) is 0. The number of hydrogen-bond donors (Lipinski definition) is 2. The number of rotatable bonds is 7. The van der Waals surface area contributed by atoms with Crippen molar-refractivity contribution in [2.24, 2.45) is 5.73 Å². The van der Waals surface area contributed by atoms with Crippen LogP contribution in [-0.4, -0.2) is 24.2 Å². The monoisotopic (exact) mass is 364 g/mol. The van der Waals surface area contributed by atoms with Crippen LogP contribution in [0.4, 0.5) is 5.88 Å². The summed E-state index contributed by atoms with van der Waals surface area (Å²) in [4.78, 5) is 35.3. The number of amides is 2. The zero-order valence-corrected chi connectivity index (χ0v) is 14.5. The van der Waals surface area contributed by atoms with E-state index in [1.54, 1.807) is 24.3 Å². The quantitative estimate of drug-likeness (QED) is 0.733. The zero-order valence-electron chi connectivity index (χ0n) is 13.7. The van der Waals surface area contributed by atoms with Gasteiger partial charge in [0.2, 0.25) is 11.8 Å². The highest BCUT2D eigenvalue weighted by atomic mass is 35.5. The van der Waals surface area contributed by atoms with Crippen molar-refractivity contribution in [3.63, 3.8) is 0 Å². The number of furan rings is 1. The van der Waals surface area contributed by atoms with Crippen LogP contribution in [0.1, 0.15) is 39.8 Å².